The van der Waals surface area contributed by atoms with Gasteiger partial charge in [-0.05, 0) is 42.0 Å². The lowest BCUT2D eigenvalue weighted by Gasteiger charge is -2.21. The molecule has 0 N–H and O–H groups in total. The number of hydrogen-bond donors (Lipinski definition) is 0. The molecule has 26 heavy (non-hydrogen) atoms. The average Bonchev–Trinajstić information content (AvgIpc) is 3.33. The van der Waals surface area contributed by atoms with Crippen molar-refractivity contribution in [2.24, 2.45) is 0 Å². The van der Waals surface area contributed by atoms with E-state index in [4.69, 9.17) is 9.15 Å². The highest BCUT2D eigenvalue weighted by atomic mass is 16.5. The molecular weight excluding hydrogens is 328 g/mol. The maximum Gasteiger partial charge on any atom is 0.290 e. The van der Waals surface area contributed by atoms with Crippen molar-refractivity contribution >= 4 is 5.91 Å². The van der Waals surface area contributed by atoms with Gasteiger partial charge in [0.15, 0.2) is 5.76 Å². The summed E-state index contributed by atoms with van der Waals surface area (Å²) < 4.78 is 12.7. The van der Waals surface area contributed by atoms with Gasteiger partial charge >= 0.3 is 0 Å². The van der Waals surface area contributed by atoms with Gasteiger partial charge in [0.1, 0.15) is 5.75 Å². The minimum Gasteiger partial charge on any atom is -0.497 e. The van der Waals surface area contributed by atoms with Crippen LogP contribution in [0, 0.1) is 0 Å². The normalized spacial score (nSPS) is 10.5. The fourth-order valence-corrected chi connectivity index (χ4v) is 2.84. The molecule has 0 spiro atoms. The van der Waals surface area contributed by atoms with E-state index in [1.807, 2.05) is 36.5 Å². The van der Waals surface area contributed by atoms with E-state index in [-0.39, 0.29) is 5.91 Å². The third-order valence-electron chi connectivity index (χ3n) is 4.13. The van der Waals surface area contributed by atoms with Crippen molar-refractivity contribution in [3.63, 3.8) is 0 Å². The van der Waals surface area contributed by atoms with Crippen molar-refractivity contribution in [1.82, 2.24) is 9.47 Å². The summed E-state index contributed by atoms with van der Waals surface area (Å²) in [6.45, 7) is 5.39. The molecule has 0 atom stereocenters. The van der Waals surface area contributed by atoms with Crippen LogP contribution in [0.2, 0.25) is 0 Å². The van der Waals surface area contributed by atoms with Crippen molar-refractivity contribution in [2.45, 2.75) is 13.1 Å². The number of carbonyl (C=O) groups excluding carboxylic acids is 1. The number of benzene rings is 1. The molecule has 0 saturated carbocycles. The minimum absolute atomic E-state index is 0.149. The third kappa shape index (κ3) is 4.06. The molecule has 1 amide bonds. The molecule has 0 aliphatic carbocycles. The maximum absolute atomic E-state index is 12.6. The van der Waals surface area contributed by atoms with E-state index in [9.17, 15) is 4.79 Å². The summed E-state index contributed by atoms with van der Waals surface area (Å²) in [5.41, 5.74) is 2.17. The van der Waals surface area contributed by atoms with Gasteiger partial charge in [0, 0.05) is 25.0 Å². The largest absolute Gasteiger partial charge is 0.497 e. The van der Waals surface area contributed by atoms with Crippen molar-refractivity contribution < 1.29 is 13.9 Å². The van der Waals surface area contributed by atoms with Gasteiger partial charge in [-0.2, -0.15) is 0 Å². The summed E-state index contributed by atoms with van der Waals surface area (Å²) in [5.74, 6) is 1.01. The molecular formula is C21H22N2O3. The monoisotopic (exact) mass is 350 g/mol. The first-order chi connectivity index (χ1) is 12.7. The first-order valence-electron chi connectivity index (χ1n) is 8.42. The number of nitrogens with zero attached hydrogens (tertiary/aromatic N) is 2. The molecule has 0 aliphatic heterocycles. The Morgan fingerprint density at radius 2 is 2.15 bits per heavy atom. The van der Waals surface area contributed by atoms with Crippen molar-refractivity contribution in [2.75, 3.05) is 13.7 Å². The Balaban J connectivity index is 1.77. The third-order valence-corrected chi connectivity index (χ3v) is 4.13. The number of methoxy groups -OCH3 is 1. The summed E-state index contributed by atoms with van der Waals surface area (Å²) >= 11 is 0. The zero-order valence-electron chi connectivity index (χ0n) is 14.8. The molecule has 2 aromatic heterocycles. The molecule has 2 heterocycles. The van der Waals surface area contributed by atoms with Crippen LogP contribution >= 0.6 is 0 Å². The lowest BCUT2D eigenvalue weighted by molar-refractivity contribution is 0.0727. The van der Waals surface area contributed by atoms with Gasteiger partial charge in [-0.15, -0.1) is 6.58 Å². The van der Waals surface area contributed by atoms with Crippen LogP contribution in [0.1, 0.15) is 21.8 Å². The zero-order chi connectivity index (χ0) is 18.4. The molecule has 3 rings (SSSR count). The number of amides is 1. The van der Waals surface area contributed by atoms with Crippen LogP contribution in [-0.2, 0) is 13.1 Å². The van der Waals surface area contributed by atoms with Gasteiger partial charge in [0.05, 0.1) is 19.9 Å². The molecule has 3 aromatic rings. The highest BCUT2D eigenvalue weighted by Crippen LogP contribution is 2.17. The smallest absolute Gasteiger partial charge is 0.290 e. The Morgan fingerprint density at radius 3 is 2.88 bits per heavy atom. The fraction of sp³-hybridized carbons (Fsp3) is 0.190. The van der Waals surface area contributed by atoms with Crippen molar-refractivity contribution in [1.29, 1.82) is 0 Å². The minimum atomic E-state index is -0.149. The molecule has 5 nitrogen and oxygen atoms in total. The number of hydrogen-bond acceptors (Lipinski definition) is 3. The van der Waals surface area contributed by atoms with Crippen molar-refractivity contribution in [3.05, 3.63) is 90.7 Å². The van der Waals surface area contributed by atoms with Crippen LogP contribution < -0.4 is 4.74 Å². The Morgan fingerprint density at radius 1 is 1.27 bits per heavy atom. The number of ether oxygens (including phenoxy) is 1. The van der Waals surface area contributed by atoms with E-state index >= 15 is 0 Å². The van der Waals surface area contributed by atoms with Crippen LogP contribution in [0.25, 0.3) is 0 Å². The van der Waals surface area contributed by atoms with Gasteiger partial charge < -0.3 is 18.6 Å². The number of aromatic nitrogens is 1. The van der Waals surface area contributed by atoms with Crippen LogP contribution in [0.15, 0.2) is 78.1 Å². The lowest BCUT2D eigenvalue weighted by atomic mass is 10.2. The summed E-state index contributed by atoms with van der Waals surface area (Å²) in [7, 11) is 1.66. The van der Waals surface area contributed by atoms with Crippen LogP contribution in [0.5, 0.6) is 5.75 Å². The second-order valence-corrected chi connectivity index (χ2v) is 5.93. The summed E-state index contributed by atoms with van der Waals surface area (Å²) in [6, 6.07) is 15.4. The number of carbonyl (C=O) groups is 1. The molecule has 134 valence electrons. The first kappa shape index (κ1) is 17.6. The van der Waals surface area contributed by atoms with E-state index in [0.717, 1.165) is 17.0 Å². The molecule has 0 unspecified atom stereocenters. The predicted octanol–water partition coefficient (Wildman–Crippen LogP) is 3.97. The summed E-state index contributed by atoms with van der Waals surface area (Å²) in [6.07, 6.45) is 5.24. The zero-order valence-corrected chi connectivity index (χ0v) is 14.8. The topological polar surface area (TPSA) is 47.6 Å². The number of furan rings is 1. The molecule has 1 aromatic carbocycles. The molecule has 0 fully saturated rings. The predicted molar refractivity (Wildman–Crippen MR) is 100 cm³/mol. The molecule has 0 radical (unpaired) electrons. The summed E-state index contributed by atoms with van der Waals surface area (Å²) in [4.78, 5) is 14.3. The highest BCUT2D eigenvalue weighted by Gasteiger charge is 2.18. The van der Waals surface area contributed by atoms with Gasteiger partial charge in [0.25, 0.3) is 5.91 Å². The Kier molecular flexibility index (Phi) is 5.59. The molecule has 5 heteroatoms. The Bertz CT molecular complexity index is 865. The molecule has 0 saturated heterocycles. The molecule has 0 bridgehead atoms. The van der Waals surface area contributed by atoms with E-state index < -0.39 is 0 Å². The van der Waals surface area contributed by atoms with Gasteiger partial charge in [-0.25, -0.2) is 0 Å². The van der Waals surface area contributed by atoms with Gasteiger partial charge in [-0.3, -0.25) is 4.79 Å². The highest BCUT2D eigenvalue weighted by molar-refractivity contribution is 5.91. The average molecular weight is 350 g/mol. The SMILES string of the molecule is C=CCN(Cc1cccn1Cc1cccc(OC)c1)C(=O)c1ccco1. The fourth-order valence-electron chi connectivity index (χ4n) is 2.84. The van der Waals surface area contributed by atoms with Crippen LogP contribution in [0.4, 0.5) is 0 Å². The second kappa shape index (κ2) is 8.25. The maximum atomic E-state index is 12.6. The lowest BCUT2D eigenvalue weighted by Crippen LogP contribution is -2.31. The first-order valence-corrected chi connectivity index (χ1v) is 8.42. The van der Waals surface area contributed by atoms with Gasteiger partial charge in [0.2, 0.25) is 0 Å². The van der Waals surface area contributed by atoms with E-state index in [0.29, 0.717) is 25.4 Å². The quantitative estimate of drug-likeness (QED) is 0.578. The van der Waals surface area contributed by atoms with E-state index in [2.05, 4.69) is 17.2 Å². The molecule has 0 aliphatic rings. The van der Waals surface area contributed by atoms with E-state index in [1.165, 1.54) is 6.26 Å². The van der Waals surface area contributed by atoms with Crippen LogP contribution in [0.3, 0.4) is 0 Å². The van der Waals surface area contributed by atoms with Gasteiger partial charge in [-0.1, -0.05) is 18.2 Å². The standard InChI is InChI=1S/C21H22N2O3/c1-3-11-23(21(24)20-10-6-13-26-20)16-18-8-5-12-22(18)15-17-7-4-9-19(14-17)25-2/h3-10,12-14H,1,11,15-16H2,2H3. The Hall–Kier alpha value is -3.21. The number of rotatable bonds is 8. The summed E-state index contributed by atoms with van der Waals surface area (Å²) in [5, 5.41) is 0. The van der Waals surface area contributed by atoms with Crippen LogP contribution in [-0.4, -0.2) is 29.0 Å². The van der Waals surface area contributed by atoms with E-state index in [1.54, 1.807) is 30.2 Å². The second-order valence-electron chi connectivity index (χ2n) is 5.93. The van der Waals surface area contributed by atoms with Crippen molar-refractivity contribution in [3.8, 4) is 5.75 Å². The Labute approximate surface area is 153 Å².